The van der Waals surface area contributed by atoms with Crippen LogP contribution >= 0.6 is 54.8 Å². The smallest absolute Gasteiger partial charge is 0.338 e. The first-order valence-electron chi connectivity index (χ1n) is 9.84. The van der Waals surface area contributed by atoms with E-state index < -0.39 is 12.0 Å². The second kappa shape index (κ2) is 9.58. The first-order chi connectivity index (χ1) is 15.7. The average Bonchev–Trinajstić information content (AvgIpc) is 3.06. The van der Waals surface area contributed by atoms with Gasteiger partial charge in [0.1, 0.15) is 5.75 Å². The van der Waals surface area contributed by atoms with Crippen molar-refractivity contribution in [3.63, 3.8) is 0 Å². The molecule has 2 aromatic carbocycles. The summed E-state index contributed by atoms with van der Waals surface area (Å²) in [5.41, 5.74) is 1.96. The van der Waals surface area contributed by atoms with Crippen LogP contribution in [0.2, 0.25) is 5.02 Å². The van der Waals surface area contributed by atoms with Gasteiger partial charge in [-0.15, -0.1) is 0 Å². The van der Waals surface area contributed by atoms with Gasteiger partial charge in [-0.2, -0.15) is 0 Å². The molecule has 0 fully saturated rings. The van der Waals surface area contributed by atoms with Crippen LogP contribution in [0.3, 0.4) is 0 Å². The molecule has 1 atom stereocenters. The molecular formula is C23H17Br2ClN2O4S. The molecule has 10 heteroatoms. The zero-order chi connectivity index (χ0) is 23.9. The monoisotopic (exact) mass is 610 g/mol. The van der Waals surface area contributed by atoms with Crippen LogP contribution < -0.4 is 14.9 Å². The van der Waals surface area contributed by atoms with Crippen LogP contribution in [0.15, 0.2) is 66.4 Å². The maximum Gasteiger partial charge on any atom is 0.338 e. The molecule has 170 valence electrons. The molecule has 1 aliphatic rings. The largest absolute Gasteiger partial charge is 0.506 e. The number of esters is 1. The van der Waals surface area contributed by atoms with E-state index in [1.807, 2.05) is 0 Å². The number of halogens is 3. The first-order valence-corrected chi connectivity index (χ1v) is 12.6. The number of nitrogens with zero attached hydrogens (tertiary/aromatic N) is 2. The second-order valence-corrected chi connectivity index (χ2v) is 10.3. The Kier molecular flexibility index (Phi) is 6.95. The van der Waals surface area contributed by atoms with Crippen molar-refractivity contribution in [1.82, 2.24) is 4.57 Å². The fourth-order valence-electron chi connectivity index (χ4n) is 3.57. The summed E-state index contributed by atoms with van der Waals surface area (Å²) in [7, 11) is 0. The Bertz CT molecular complexity index is 1450. The van der Waals surface area contributed by atoms with Crippen LogP contribution in [-0.2, 0) is 9.53 Å². The summed E-state index contributed by atoms with van der Waals surface area (Å²) in [5, 5.41) is 10.5. The number of carbonyl (C=O) groups is 1. The van der Waals surface area contributed by atoms with E-state index >= 15 is 0 Å². The van der Waals surface area contributed by atoms with Crippen molar-refractivity contribution in [3.8, 4) is 5.75 Å². The number of aromatic nitrogens is 1. The van der Waals surface area contributed by atoms with Crippen LogP contribution in [0.4, 0.5) is 0 Å². The molecule has 4 rings (SSSR count). The normalized spacial score (nSPS) is 15.9. The quantitative estimate of drug-likeness (QED) is 0.434. The number of phenols is 1. The summed E-state index contributed by atoms with van der Waals surface area (Å²) in [4.78, 5) is 31.4. The van der Waals surface area contributed by atoms with Gasteiger partial charge in [0, 0.05) is 5.02 Å². The van der Waals surface area contributed by atoms with Gasteiger partial charge in [-0.1, -0.05) is 35.1 Å². The number of ether oxygens (including phenoxy) is 1. The highest BCUT2D eigenvalue weighted by Crippen LogP contribution is 2.34. The number of allylic oxidation sites excluding steroid dienone is 1. The van der Waals surface area contributed by atoms with E-state index in [0.29, 0.717) is 40.1 Å². The van der Waals surface area contributed by atoms with Crippen LogP contribution in [0, 0.1) is 0 Å². The molecular weight excluding hydrogens is 596 g/mol. The number of carbonyl (C=O) groups excluding carboxylic acids is 1. The van der Waals surface area contributed by atoms with Gasteiger partial charge in [-0.05, 0) is 87.2 Å². The Labute approximate surface area is 214 Å². The summed E-state index contributed by atoms with van der Waals surface area (Å²) >= 11 is 13.9. The molecule has 1 aromatic heterocycles. The fourth-order valence-corrected chi connectivity index (χ4v) is 5.97. The maximum atomic E-state index is 13.5. The van der Waals surface area contributed by atoms with Crippen LogP contribution in [-0.4, -0.2) is 22.2 Å². The molecule has 0 saturated carbocycles. The summed E-state index contributed by atoms with van der Waals surface area (Å²) in [5.74, 6) is -0.439. The third-order valence-corrected chi connectivity index (χ3v) is 7.48. The minimum absolute atomic E-state index is 0.0750. The Morgan fingerprint density at radius 3 is 2.52 bits per heavy atom. The SMILES string of the molecule is CCOC(=O)C1=C(C)N=c2sc(=Cc3cc(Br)c(O)c(Br)c3)c(=O)n2[C@H]1c1ccc(Cl)cc1. The summed E-state index contributed by atoms with van der Waals surface area (Å²) in [6.45, 7) is 3.67. The van der Waals surface area contributed by atoms with Crippen molar-refractivity contribution in [2.45, 2.75) is 19.9 Å². The molecule has 6 nitrogen and oxygen atoms in total. The highest BCUT2D eigenvalue weighted by molar-refractivity contribution is 9.11. The zero-order valence-corrected chi connectivity index (χ0v) is 22.2. The van der Waals surface area contributed by atoms with Gasteiger partial charge in [0.2, 0.25) is 0 Å². The predicted octanol–water partition coefficient (Wildman–Crippen LogP) is 4.68. The van der Waals surface area contributed by atoms with E-state index in [2.05, 4.69) is 36.9 Å². The molecule has 2 heterocycles. The lowest BCUT2D eigenvalue weighted by Crippen LogP contribution is -2.39. The lowest BCUT2D eigenvalue weighted by Gasteiger charge is -2.24. The molecule has 3 aromatic rings. The molecule has 0 radical (unpaired) electrons. The van der Waals surface area contributed by atoms with Crippen molar-refractivity contribution in [3.05, 3.63) is 92.5 Å². The molecule has 0 aliphatic carbocycles. The van der Waals surface area contributed by atoms with E-state index in [-0.39, 0.29) is 17.9 Å². The number of aromatic hydroxyl groups is 1. The summed E-state index contributed by atoms with van der Waals surface area (Å²) < 4.78 is 8.23. The number of hydrogen-bond acceptors (Lipinski definition) is 6. The lowest BCUT2D eigenvalue weighted by molar-refractivity contribution is -0.139. The van der Waals surface area contributed by atoms with Crippen molar-refractivity contribution in [1.29, 1.82) is 0 Å². The number of rotatable bonds is 4. The van der Waals surface area contributed by atoms with Crippen molar-refractivity contribution in [2.75, 3.05) is 6.61 Å². The van der Waals surface area contributed by atoms with Gasteiger partial charge in [-0.25, -0.2) is 9.79 Å². The number of benzene rings is 2. The number of phenolic OH excluding ortho intramolecular Hbond substituents is 1. The highest BCUT2D eigenvalue weighted by atomic mass is 79.9. The molecule has 1 N–H and O–H groups in total. The van der Waals surface area contributed by atoms with Gasteiger partial charge >= 0.3 is 5.97 Å². The van der Waals surface area contributed by atoms with Gasteiger partial charge in [-0.3, -0.25) is 9.36 Å². The van der Waals surface area contributed by atoms with Crippen LogP contribution in [0.1, 0.15) is 31.0 Å². The Morgan fingerprint density at radius 2 is 1.91 bits per heavy atom. The van der Waals surface area contributed by atoms with E-state index in [1.54, 1.807) is 56.3 Å². The Hall–Kier alpha value is -2.20. The summed E-state index contributed by atoms with van der Waals surface area (Å²) in [6, 6.07) is 9.74. The van der Waals surface area contributed by atoms with Crippen molar-refractivity contribution < 1.29 is 14.6 Å². The average molecular weight is 613 g/mol. The topological polar surface area (TPSA) is 80.9 Å². The predicted molar refractivity (Wildman–Crippen MR) is 135 cm³/mol. The molecule has 0 spiro atoms. The molecule has 0 bridgehead atoms. The first kappa shape index (κ1) is 23.9. The van der Waals surface area contributed by atoms with Gasteiger partial charge < -0.3 is 9.84 Å². The van der Waals surface area contributed by atoms with Gasteiger partial charge in [0.15, 0.2) is 4.80 Å². The van der Waals surface area contributed by atoms with Crippen LogP contribution in [0.25, 0.3) is 6.08 Å². The molecule has 33 heavy (non-hydrogen) atoms. The van der Waals surface area contributed by atoms with E-state index in [1.165, 1.54) is 15.9 Å². The summed E-state index contributed by atoms with van der Waals surface area (Å²) in [6.07, 6.45) is 1.72. The maximum absolute atomic E-state index is 13.5. The van der Waals surface area contributed by atoms with Crippen molar-refractivity contribution in [2.24, 2.45) is 4.99 Å². The molecule has 0 unspecified atom stereocenters. The van der Waals surface area contributed by atoms with E-state index in [0.717, 1.165) is 5.56 Å². The minimum Gasteiger partial charge on any atom is -0.506 e. The standard InChI is InChI=1S/C23H17Br2ClN2O4S/c1-3-32-22(31)18-11(2)27-23-28(19(18)13-4-6-14(26)7-5-13)21(30)17(33-23)10-12-8-15(24)20(29)16(25)9-12/h4-10,19,29H,3H2,1-2H3/t19-/m0/s1. The second-order valence-electron chi connectivity index (χ2n) is 7.19. The third kappa shape index (κ3) is 4.59. The number of hydrogen-bond donors (Lipinski definition) is 1. The molecule has 0 saturated heterocycles. The van der Waals surface area contributed by atoms with E-state index in [9.17, 15) is 14.7 Å². The fraction of sp³-hybridized carbons (Fsp3) is 0.174. The highest BCUT2D eigenvalue weighted by Gasteiger charge is 2.33. The Morgan fingerprint density at radius 1 is 1.27 bits per heavy atom. The minimum atomic E-state index is -0.696. The lowest BCUT2D eigenvalue weighted by atomic mass is 9.96. The molecule has 0 amide bonds. The zero-order valence-electron chi connectivity index (χ0n) is 17.4. The molecule has 1 aliphatic heterocycles. The Balaban J connectivity index is 1.96. The van der Waals surface area contributed by atoms with Gasteiger partial charge in [0.25, 0.3) is 5.56 Å². The van der Waals surface area contributed by atoms with Crippen LogP contribution in [0.5, 0.6) is 5.75 Å². The number of fused-ring (bicyclic) bond motifs is 1. The number of thiazole rings is 1. The third-order valence-electron chi connectivity index (χ3n) is 5.04. The van der Waals surface area contributed by atoms with Crippen molar-refractivity contribution >= 4 is 66.8 Å². The van der Waals surface area contributed by atoms with E-state index in [4.69, 9.17) is 16.3 Å². The van der Waals surface area contributed by atoms with Gasteiger partial charge in [0.05, 0.1) is 37.4 Å².